The van der Waals surface area contributed by atoms with Crippen LogP contribution in [-0.4, -0.2) is 50.3 Å². The van der Waals surface area contributed by atoms with Gasteiger partial charge in [-0.1, -0.05) is 13.8 Å². The first-order chi connectivity index (χ1) is 7.66. The highest BCUT2D eigenvalue weighted by molar-refractivity contribution is 4.85. The zero-order valence-electron chi connectivity index (χ0n) is 10.8. The highest BCUT2D eigenvalue weighted by Gasteiger charge is 2.27. The fourth-order valence-electron chi connectivity index (χ4n) is 2.33. The van der Waals surface area contributed by atoms with Gasteiger partial charge in [0.1, 0.15) is 0 Å². The maximum absolute atomic E-state index is 5.49. The third kappa shape index (κ3) is 4.40. The van der Waals surface area contributed by atoms with E-state index in [9.17, 15) is 0 Å². The second kappa shape index (κ2) is 5.48. The molecule has 0 unspecified atom stereocenters. The topological polar surface area (TPSA) is 24.5 Å². The van der Waals surface area contributed by atoms with Crippen LogP contribution in [0.4, 0.5) is 0 Å². The summed E-state index contributed by atoms with van der Waals surface area (Å²) in [6, 6.07) is 0.826. The first-order valence-electron chi connectivity index (χ1n) is 6.69. The summed E-state index contributed by atoms with van der Waals surface area (Å²) in [4.78, 5) is 2.56. The van der Waals surface area contributed by atoms with Crippen LogP contribution >= 0.6 is 0 Å². The van der Waals surface area contributed by atoms with Crippen LogP contribution in [0.5, 0.6) is 0 Å². The van der Waals surface area contributed by atoms with Gasteiger partial charge in [0, 0.05) is 38.8 Å². The van der Waals surface area contributed by atoms with Gasteiger partial charge < -0.3 is 15.0 Å². The van der Waals surface area contributed by atoms with Gasteiger partial charge >= 0.3 is 0 Å². The molecule has 16 heavy (non-hydrogen) atoms. The summed E-state index contributed by atoms with van der Waals surface area (Å²) in [5.74, 6) is 0. The van der Waals surface area contributed by atoms with E-state index in [1.807, 2.05) is 0 Å². The van der Waals surface area contributed by atoms with E-state index in [4.69, 9.17) is 4.74 Å². The van der Waals surface area contributed by atoms with Gasteiger partial charge in [0.2, 0.25) is 0 Å². The first-order valence-corrected chi connectivity index (χ1v) is 6.69. The molecule has 2 rings (SSSR count). The molecule has 1 N–H and O–H groups in total. The first kappa shape index (κ1) is 12.3. The fourth-order valence-corrected chi connectivity index (χ4v) is 2.33. The minimum Gasteiger partial charge on any atom is -0.380 e. The van der Waals surface area contributed by atoms with Crippen molar-refractivity contribution in [1.82, 2.24) is 10.2 Å². The van der Waals surface area contributed by atoms with Crippen molar-refractivity contribution in [3.05, 3.63) is 0 Å². The Morgan fingerprint density at radius 2 is 2.06 bits per heavy atom. The molecule has 1 aliphatic carbocycles. The lowest BCUT2D eigenvalue weighted by molar-refractivity contribution is 0.129. The quantitative estimate of drug-likeness (QED) is 0.768. The Morgan fingerprint density at radius 1 is 1.25 bits per heavy atom. The van der Waals surface area contributed by atoms with Crippen molar-refractivity contribution in [2.45, 2.75) is 39.2 Å². The smallest absolute Gasteiger partial charge is 0.0593 e. The lowest BCUT2D eigenvalue weighted by Gasteiger charge is -2.32. The predicted molar refractivity (Wildman–Crippen MR) is 66.7 cm³/mol. The Bertz CT molecular complexity index is 206. The van der Waals surface area contributed by atoms with E-state index in [2.05, 4.69) is 24.1 Å². The van der Waals surface area contributed by atoms with Gasteiger partial charge in [-0.25, -0.2) is 0 Å². The van der Waals surface area contributed by atoms with E-state index in [-0.39, 0.29) is 0 Å². The highest BCUT2D eigenvalue weighted by Crippen LogP contribution is 2.22. The molecule has 0 bridgehead atoms. The SMILES string of the molecule is CC(C)(CNC1CC1)CN1CCCOCC1. The molecule has 0 radical (unpaired) electrons. The lowest BCUT2D eigenvalue weighted by Crippen LogP contribution is -2.42. The largest absolute Gasteiger partial charge is 0.380 e. The van der Waals surface area contributed by atoms with Gasteiger partial charge in [0.25, 0.3) is 0 Å². The second-order valence-electron chi connectivity index (χ2n) is 6.06. The Balaban J connectivity index is 1.71. The van der Waals surface area contributed by atoms with Gasteiger partial charge in [-0.05, 0) is 24.7 Å². The molecular weight excluding hydrogens is 200 g/mol. The Kier molecular flexibility index (Phi) is 4.22. The molecule has 3 nitrogen and oxygen atoms in total. The molecule has 94 valence electrons. The normalized spacial score (nSPS) is 24.4. The second-order valence-corrected chi connectivity index (χ2v) is 6.06. The molecule has 0 aromatic heterocycles. The van der Waals surface area contributed by atoms with Crippen molar-refractivity contribution in [2.24, 2.45) is 5.41 Å². The average molecular weight is 226 g/mol. The summed E-state index contributed by atoms with van der Waals surface area (Å²) in [6.45, 7) is 11.2. The molecule has 0 atom stereocenters. The number of rotatable bonds is 5. The lowest BCUT2D eigenvalue weighted by atomic mass is 9.92. The van der Waals surface area contributed by atoms with Crippen molar-refractivity contribution in [2.75, 3.05) is 39.4 Å². The third-order valence-electron chi connectivity index (χ3n) is 3.41. The number of nitrogens with zero attached hydrogens (tertiary/aromatic N) is 1. The van der Waals surface area contributed by atoms with Gasteiger partial charge in [-0.2, -0.15) is 0 Å². The van der Waals surface area contributed by atoms with Gasteiger partial charge in [-0.3, -0.25) is 0 Å². The Labute approximate surface area is 99.5 Å². The van der Waals surface area contributed by atoms with Crippen LogP contribution in [0.15, 0.2) is 0 Å². The molecule has 1 aliphatic heterocycles. The van der Waals surface area contributed by atoms with E-state index in [0.717, 1.165) is 32.3 Å². The molecule has 2 fully saturated rings. The molecule has 0 aromatic carbocycles. The molecule has 0 spiro atoms. The van der Waals surface area contributed by atoms with Crippen LogP contribution in [0.2, 0.25) is 0 Å². The highest BCUT2D eigenvalue weighted by atomic mass is 16.5. The van der Waals surface area contributed by atoms with Gasteiger partial charge in [0.05, 0.1) is 6.61 Å². The standard InChI is InChI=1S/C13H26N2O/c1-13(2,10-14-12-4-5-12)11-15-6-3-8-16-9-7-15/h12,14H,3-11H2,1-2H3. The minimum atomic E-state index is 0.382. The van der Waals surface area contributed by atoms with Crippen molar-refractivity contribution in [3.63, 3.8) is 0 Å². The predicted octanol–water partition coefficient (Wildman–Crippen LogP) is 1.49. The van der Waals surface area contributed by atoms with Crippen LogP contribution in [-0.2, 0) is 4.74 Å². The average Bonchev–Trinajstić information content (AvgIpc) is 3.02. The summed E-state index contributed by atoms with van der Waals surface area (Å²) in [7, 11) is 0. The van der Waals surface area contributed by atoms with E-state index >= 15 is 0 Å². The summed E-state index contributed by atoms with van der Waals surface area (Å²) in [6.07, 6.45) is 3.95. The molecule has 0 aromatic rings. The molecule has 1 saturated carbocycles. The molecular formula is C13H26N2O. The Morgan fingerprint density at radius 3 is 2.81 bits per heavy atom. The van der Waals surface area contributed by atoms with Crippen molar-refractivity contribution in [1.29, 1.82) is 0 Å². The van der Waals surface area contributed by atoms with Crippen LogP contribution < -0.4 is 5.32 Å². The van der Waals surface area contributed by atoms with E-state index in [0.29, 0.717) is 5.41 Å². The number of nitrogens with one attached hydrogen (secondary N) is 1. The van der Waals surface area contributed by atoms with Crippen LogP contribution in [0.25, 0.3) is 0 Å². The zero-order chi connectivity index (χ0) is 11.4. The van der Waals surface area contributed by atoms with Crippen molar-refractivity contribution in [3.8, 4) is 0 Å². The van der Waals surface area contributed by atoms with Crippen LogP contribution in [0.1, 0.15) is 33.1 Å². The summed E-state index contributed by atoms with van der Waals surface area (Å²) < 4.78 is 5.49. The summed E-state index contributed by atoms with van der Waals surface area (Å²) >= 11 is 0. The fraction of sp³-hybridized carbons (Fsp3) is 1.00. The van der Waals surface area contributed by atoms with E-state index in [1.165, 1.54) is 32.4 Å². The Hall–Kier alpha value is -0.120. The number of hydrogen-bond acceptors (Lipinski definition) is 3. The summed E-state index contributed by atoms with van der Waals surface area (Å²) in [5, 5.41) is 3.64. The van der Waals surface area contributed by atoms with Gasteiger partial charge in [-0.15, -0.1) is 0 Å². The molecule has 1 saturated heterocycles. The number of hydrogen-bond donors (Lipinski definition) is 1. The third-order valence-corrected chi connectivity index (χ3v) is 3.41. The maximum atomic E-state index is 5.49. The monoisotopic (exact) mass is 226 g/mol. The van der Waals surface area contributed by atoms with Crippen molar-refractivity contribution < 1.29 is 4.74 Å². The van der Waals surface area contributed by atoms with Crippen molar-refractivity contribution >= 4 is 0 Å². The molecule has 1 heterocycles. The summed E-state index contributed by atoms with van der Waals surface area (Å²) in [5.41, 5.74) is 0.382. The molecule has 2 aliphatic rings. The minimum absolute atomic E-state index is 0.382. The number of ether oxygens (including phenoxy) is 1. The van der Waals surface area contributed by atoms with E-state index in [1.54, 1.807) is 0 Å². The van der Waals surface area contributed by atoms with Crippen LogP contribution in [0.3, 0.4) is 0 Å². The molecule has 0 amide bonds. The van der Waals surface area contributed by atoms with E-state index < -0.39 is 0 Å². The van der Waals surface area contributed by atoms with Crippen LogP contribution in [0, 0.1) is 5.41 Å². The van der Waals surface area contributed by atoms with Gasteiger partial charge in [0.15, 0.2) is 0 Å². The zero-order valence-corrected chi connectivity index (χ0v) is 10.8. The molecule has 3 heteroatoms. The maximum Gasteiger partial charge on any atom is 0.0593 e.